The van der Waals surface area contributed by atoms with Gasteiger partial charge in [-0.2, -0.15) is 5.26 Å². The molecule has 0 spiro atoms. The number of rotatable bonds is 8. The number of fused-ring (bicyclic) bond motifs is 1. The number of benzene rings is 1. The molecule has 0 radical (unpaired) electrons. The largest absolute Gasteiger partial charge is 0.493 e. The van der Waals surface area contributed by atoms with Crippen LogP contribution in [0.2, 0.25) is 0 Å². The van der Waals surface area contributed by atoms with E-state index in [4.69, 9.17) is 9.47 Å². The molecule has 0 saturated carbocycles. The number of piperidine rings is 1. The number of hydrogen-bond acceptors (Lipinski definition) is 7. The number of aliphatic hydroxyl groups excluding tert-OH is 1. The van der Waals surface area contributed by atoms with E-state index in [0.717, 1.165) is 36.3 Å². The Bertz CT molecular complexity index is 741. The van der Waals surface area contributed by atoms with E-state index < -0.39 is 11.4 Å². The van der Waals surface area contributed by atoms with Crippen LogP contribution in [0.5, 0.6) is 11.5 Å². The zero-order valence-corrected chi connectivity index (χ0v) is 17.5. The molecular formula is C21H29N3O3S. The number of β-amino-alcohol motifs (C(OH)–C–C–N with tert-alkyl or cyclic N) is 1. The first-order valence-electron chi connectivity index (χ1n) is 9.87. The number of nitrogens with zero attached hydrogens (tertiary/aromatic N) is 3. The van der Waals surface area contributed by atoms with Crippen molar-refractivity contribution in [2.45, 2.75) is 37.0 Å². The average Bonchev–Trinajstić information content (AvgIpc) is 2.73. The van der Waals surface area contributed by atoms with Gasteiger partial charge in [-0.25, -0.2) is 0 Å². The quantitative estimate of drug-likeness (QED) is 0.719. The Balaban J connectivity index is 1.67. The summed E-state index contributed by atoms with van der Waals surface area (Å²) < 4.78 is 10.8. The molecule has 1 aromatic rings. The molecule has 6 nitrogen and oxygen atoms in total. The number of thioether (sulfide) groups is 1. The van der Waals surface area contributed by atoms with E-state index in [9.17, 15) is 10.4 Å². The van der Waals surface area contributed by atoms with Crippen LogP contribution < -0.4 is 9.47 Å². The molecule has 2 atom stereocenters. The van der Waals surface area contributed by atoms with E-state index in [0.29, 0.717) is 30.3 Å². The van der Waals surface area contributed by atoms with Gasteiger partial charge in [-0.1, -0.05) is 6.42 Å². The highest BCUT2D eigenvalue weighted by Crippen LogP contribution is 2.34. The van der Waals surface area contributed by atoms with E-state index in [-0.39, 0.29) is 0 Å². The third kappa shape index (κ3) is 4.99. The van der Waals surface area contributed by atoms with Gasteiger partial charge in [0.25, 0.3) is 0 Å². The van der Waals surface area contributed by atoms with Gasteiger partial charge >= 0.3 is 0 Å². The number of likely N-dealkylation sites (tertiary alicyclic amines) is 1. The zero-order chi connectivity index (χ0) is 19.9. The van der Waals surface area contributed by atoms with Crippen LogP contribution >= 0.6 is 11.8 Å². The summed E-state index contributed by atoms with van der Waals surface area (Å²) in [6, 6.07) is 6.27. The summed E-state index contributed by atoms with van der Waals surface area (Å²) in [5, 5.41) is 19.8. The summed E-state index contributed by atoms with van der Waals surface area (Å²) in [4.78, 5) is 6.97. The molecule has 3 rings (SSSR count). The molecule has 0 amide bonds. The van der Waals surface area contributed by atoms with Gasteiger partial charge in [0, 0.05) is 24.4 Å². The fourth-order valence-electron chi connectivity index (χ4n) is 3.85. The minimum atomic E-state index is -0.437. The second-order valence-electron chi connectivity index (χ2n) is 7.24. The van der Waals surface area contributed by atoms with Gasteiger partial charge in [0.15, 0.2) is 11.5 Å². The second-order valence-corrected chi connectivity index (χ2v) is 8.38. The van der Waals surface area contributed by atoms with Crippen molar-refractivity contribution in [1.82, 2.24) is 4.90 Å². The maximum absolute atomic E-state index is 10.4. The van der Waals surface area contributed by atoms with E-state index in [1.54, 1.807) is 14.2 Å². The standard InChI is InChI=1S/C21H29N3O3S/c1-26-18-10-15-6-7-23-21(17(15)11-19(18)27-2)20(12-22)28-14-16(25)13-24-8-4-3-5-9-24/h10-11,16,20,25H,3-9,13-14H2,1-2H3. The van der Waals surface area contributed by atoms with E-state index in [1.807, 2.05) is 12.1 Å². The first-order chi connectivity index (χ1) is 13.7. The lowest BCUT2D eigenvalue weighted by atomic mass is 9.95. The van der Waals surface area contributed by atoms with Crippen LogP contribution in [0.15, 0.2) is 17.1 Å². The van der Waals surface area contributed by atoms with Crippen molar-refractivity contribution in [1.29, 1.82) is 5.26 Å². The maximum atomic E-state index is 10.4. The highest BCUT2D eigenvalue weighted by Gasteiger charge is 2.26. The molecule has 0 bridgehead atoms. The van der Waals surface area contributed by atoms with E-state index in [2.05, 4.69) is 16.0 Å². The molecule has 1 saturated heterocycles. The van der Waals surface area contributed by atoms with Gasteiger partial charge in [0.05, 0.1) is 32.1 Å². The lowest BCUT2D eigenvalue weighted by molar-refractivity contribution is 0.117. The average molecular weight is 404 g/mol. The van der Waals surface area contributed by atoms with Crippen molar-refractivity contribution in [3.63, 3.8) is 0 Å². The Kier molecular flexibility index (Phi) is 7.60. The Morgan fingerprint density at radius 2 is 1.93 bits per heavy atom. The molecule has 1 N–H and O–H groups in total. The first-order valence-corrected chi connectivity index (χ1v) is 10.9. The van der Waals surface area contributed by atoms with Crippen LogP contribution in [0.3, 0.4) is 0 Å². The third-order valence-corrected chi connectivity index (χ3v) is 6.53. The van der Waals surface area contributed by atoms with Crippen LogP contribution in [-0.2, 0) is 6.42 Å². The molecule has 1 fully saturated rings. The molecule has 2 unspecified atom stereocenters. The van der Waals surface area contributed by atoms with Gasteiger partial charge in [-0.3, -0.25) is 4.99 Å². The van der Waals surface area contributed by atoms with E-state index >= 15 is 0 Å². The first kappa shape index (κ1) is 21.0. The number of ether oxygens (including phenoxy) is 2. The zero-order valence-electron chi connectivity index (χ0n) is 16.7. The summed E-state index contributed by atoms with van der Waals surface area (Å²) >= 11 is 1.47. The summed E-state index contributed by atoms with van der Waals surface area (Å²) in [7, 11) is 3.23. The molecule has 0 aliphatic carbocycles. The molecular weight excluding hydrogens is 374 g/mol. The number of aliphatic hydroxyl groups is 1. The van der Waals surface area contributed by atoms with E-state index in [1.165, 1.54) is 31.0 Å². The Morgan fingerprint density at radius 1 is 1.21 bits per heavy atom. The van der Waals surface area contributed by atoms with Crippen molar-refractivity contribution >= 4 is 17.5 Å². The molecule has 1 aromatic carbocycles. The smallest absolute Gasteiger partial charge is 0.161 e. The molecule has 2 aliphatic heterocycles. The highest BCUT2D eigenvalue weighted by atomic mass is 32.2. The summed E-state index contributed by atoms with van der Waals surface area (Å²) in [5.74, 6) is 1.86. The fourth-order valence-corrected chi connectivity index (χ4v) is 4.80. The van der Waals surface area contributed by atoms with Gasteiger partial charge in [-0.05, 0) is 50.0 Å². The summed E-state index contributed by atoms with van der Waals surface area (Å²) in [6.07, 6.45) is 4.08. The third-order valence-electron chi connectivity index (χ3n) is 5.29. The van der Waals surface area contributed by atoms with Crippen molar-refractivity contribution in [3.05, 3.63) is 23.3 Å². The number of nitriles is 1. The Labute approximate surface area is 171 Å². The van der Waals surface area contributed by atoms with Gasteiger partial charge in [0.1, 0.15) is 5.25 Å². The number of hydrogen-bond donors (Lipinski definition) is 1. The number of methoxy groups -OCH3 is 2. The lowest BCUT2D eigenvalue weighted by Crippen LogP contribution is -2.37. The van der Waals surface area contributed by atoms with Crippen molar-refractivity contribution in [2.75, 3.05) is 46.2 Å². The predicted octanol–water partition coefficient (Wildman–Crippen LogP) is 2.52. The minimum absolute atomic E-state index is 0.409. The van der Waals surface area contributed by atoms with Crippen LogP contribution in [0.4, 0.5) is 0 Å². The van der Waals surface area contributed by atoms with Crippen molar-refractivity contribution in [2.24, 2.45) is 4.99 Å². The molecule has 2 aliphatic rings. The van der Waals surface area contributed by atoms with Gasteiger partial charge < -0.3 is 19.5 Å². The van der Waals surface area contributed by atoms with Crippen molar-refractivity contribution < 1.29 is 14.6 Å². The maximum Gasteiger partial charge on any atom is 0.161 e. The van der Waals surface area contributed by atoms with Crippen LogP contribution in [0.1, 0.15) is 30.4 Å². The second kappa shape index (κ2) is 10.1. The Hall–Kier alpha value is -1.75. The van der Waals surface area contributed by atoms with Crippen LogP contribution in [-0.4, -0.2) is 73.2 Å². The predicted molar refractivity (Wildman–Crippen MR) is 113 cm³/mol. The van der Waals surface area contributed by atoms with Crippen LogP contribution in [0.25, 0.3) is 0 Å². The van der Waals surface area contributed by atoms with Crippen LogP contribution in [0, 0.1) is 11.3 Å². The van der Waals surface area contributed by atoms with Gasteiger partial charge in [0.2, 0.25) is 0 Å². The van der Waals surface area contributed by atoms with Crippen molar-refractivity contribution in [3.8, 4) is 17.6 Å². The molecule has 7 heteroatoms. The SMILES string of the molecule is COc1cc2c(cc1OC)C(C(C#N)SCC(O)CN1CCCCC1)=NCC2. The molecule has 28 heavy (non-hydrogen) atoms. The normalized spacial score (nSPS) is 19.1. The highest BCUT2D eigenvalue weighted by molar-refractivity contribution is 8.00. The van der Waals surface area contributed by atoms with Gasteiger partial charge in [-0.15, -0.1) is 11.8 Å². The summed E-state index contributed by atoms with van der Waals surface area (Å²) in [5.41, 5.74) is 2.85. The molecule has 0 aromatic heterocycles. The lowest BCUT2D eigenvalue weighted by Gasteiger charge is -2.28. The fraction of sp³-hybridized carbons (Fsp3) is 0.619. The number of aliphatic imine (C=N–C) groups is 1. The summed E-state index contributed by atoms with van der Waals surface area (Å²) in [6.45, 7) is 3.46. The monoisotopic (exact) mass is 403 g/mol. The molecule has 152 valence electrons. The molecule has 2 heterocycles. The Morgan fingerprint density at radius 3 is 2.61 bits per heavy atom. The topological polar surface area (TPSA) is 78.1 Å². The minimum Gasteiger partial charge on any atom is -0.493 e.